The number of rotatable bonds is 4. The molecule has 3 nitrogen and oxygen atoms in total. The monoisotopic (exact) mass is 284 g/mol. The Balaban J connectivity index is 3.49. The van der Waals surface area contributed by atoms with Crippen molar-refractivity contribution in [3.05, 3.63) is 23.3 Å². The molecule has 19 heavy (non-hydrogen) atoms. The first kappa shape index (κ1) is 15.2. The Morgan fingerprint density at radius 2 is 1.74 bits per heavy atom. The van der Waals surface area contributed by atoms with E-state index in [1.54, 1.807) is 0 Å². The second-order valence-corrected chi connectivity index (χ2v) is 3.48. The number of benzene rings is 1. The molecule has 0 amide bonds. The van der Waals surface area contributed by atoms with Crippen LogP contribution in [0, 0.1) is 0 Å². The second kappa shape index (κ2) is 5.41. The first-order valence-electron chi connectivity index (χ1n) is 4.91. The molecule has 0 unspecified atom stereocenters. The van der Waals surface area contributed by atoms with Crippen molar-refractivity contribution in [2.24, 2.45) is 0 Å². The van der Waals surface area contributed by atoms with E-state index >= 15 is 0 Å². The van der Waals surface area contributed by atoms with E-state index in [9.17, 15) is 26.7 Å². The van der Waals surface area contributed by atoms with Gasteiger partial charge in [-0.2, -0.15) is 22.0 Å². The standard InChI is InChI=1S/C11H9F5O3/c1-5(17)9-7(18-2)3-6(11(14,15)16)4-8(9)19-10(12)13/h3-4,10H,1-2H3. The van der Waals surface area contributed by atoms with E-state index in [0.29, 0.717) is 12.1 Å². The highest BCUT2D eigenvalue weighted by atomic mass is 19.4. The van der Waals surface area contributed by atoms with Crippen LogP contribution in [0.1, 0.15) is 22.8 Å². The third kappa shape index (κ3) is 3.55. The van der Waals surface area contributed by atoms with Gasteiger partial charge in [0.2, 0.25) is 0 Å². The average molecular weight is 284 g/mol. The zero-order chi connectivity index (χ0) is 14.8. The van der Waals surface area contributed by atoms with E-state index in [2.05, 4.69) is 9.47 Å². The van der Waals surface area contributed by atoms with Crippen molar-refractivity contribution in [3.63, 3.8) is 0 Å². The number of hydrogen-bond acceptors (Lipinski definition) is 3. The van der Waals surface area contributed by atoms with E-state index in [1.807, 2.05) is 0 Å². The molecule has 0 saturated carbocycles. The summed E-state index contributed by atoms with van der Waals surface area (Å²) in [4.78, 5) is 11.3. The van der Waals surface area contributed by atoms with Crippen LogP contribution in [0.3, 0.4) is 0 Å². The number of Topliss-reactive ketones (excluding diaryl/α,β-unsaturated/α-hetero) is 1. The van der Waals surface area contributed by atoms with Gasteiger partial charge in [-0.25, -0.2) is 0 Å². The molecule has 0 aliphatic rings. The number of alkyl halides is 5. The van der Waals surface area contributed by atoms with Gasteiger partial charge in [-0.05, 0) is 19.1 Å². The highest BCUT2D eigenvalue weighted by Crippen LogP contribution is 2.38. The van der Waals surface area contributed by atoms with Crippen LogP contribution in [0.5, 0.6) is 11.5 Å². The predicted octanol–water partition coefficient (Wildman–Crippen LogP) is 3.52. The Bertz CT molecular complexity index is 482. The van der Waals surface area contributed by atoms with Crippen molar-refractivity contribution in [1.29, 1.82) is 0 Å². The van der Waals surface area contributed by atoms with E-state index in [-0.39, 0.29) is 0 Å². The molecule has 1 aromatic rings. The topological polar surface area (TPSA) is 35.5 Å². The summed E-state index contributed by atoms with van der Waals surface area (Å²) in [5.74, 6) is -2.09. The van der Waals surface area contributed by atoms with Gasteiger partial charge in [0, 0.05) is 0 Å². The molecule has 0 atom stereocenters. The van der Waals surface area contributed by atoms with E-state index in [1.165, 1.54) is 0 Å². The van der Waals surface area contributed by atoms with E-state index in [4.69, 9.17) is 0 Å². The average Bonchev–Trinajstić information content (AvgIpc) is 2.25. The van der Waals surface area contributed by atoms with Crippen LogP contribution in [-0.4, -0.2) is 19.5 Å². The van der Waals surface area contributed by atoms with Gasteiger partial charge < -0.3 is 9.47 Å². The Morgan fingerprint density at radius 3 is 2.11 bits per heavy atom. The van der Waals surface area contributed by atoms with Crippen molar-refractivity contribution in [2.75, 3.05) is 7.11 Å². The largest absolute Gasteiger partial charge is 0.496 e. The Kier molecular flexibility index (Phi) is 4.33. The second-order valence-electron chi connectivity index (χ2n) is 3.48. The quantitative estimate of drug-likeness (QED) is 0.627. The van der Waals surface area contributed by atoms with Gasteiger partial charge >= 0.3 is 12.8 Å². The molecule has 0 fully saturated rings. The summed E-state index contributed by atoms with van der Waals surface area (Å²) in [6, 6.07) is 0.889. The summed E-state index contributed by atoms with van der Waals surface area (Å²) in [6.07, 6.45) is -4.77. The molecule has 1 rings (SSSR count). The Morgan fingerprint density at radius 1 is 1.21 bits per heavy atom. The number of ether oxygens (including phenoxy) is 2. The molecular weight excluding hydrogens is 275 g/mol. The fraction of sp³-hybridized carbons (Fsp3) is 0.364. The van der Waals surface area contributed by atoms with Crippen LogP contribution in [-0.2, 0) is 6.18 Å². The summed E-state index contributed by atoms with van der Waals surface area (Å²) in [5, 5.41) is 0. The van der Waals surface area contributed by atoms with Crippen molar-refractivity contribution >= 4 is 5.78 Å². The van der Waals surface area contributed by atoms with Gasteiger partial charge in [-0.3, -0.25) is 4.79 Å². The predicted molar refractivity (Wildman–Crippen MR) is 54.6 cm³/mol. The first-order chi connectivity index (χ1) is 8.66. The van der Waals surface area contributed by atoms with E-state index < -0.39 is 41.2 Å². The molecule has 0 heterocycles. The molecule has 0 bridgehead atoms. The Labute approximate surface area is 104 Å². The third-order valence-electron chi connectivity index (χ3n) is 2.18. The van der Waals surface area contributed by atoms with Crippen LogP contribution >= 0.6 is 0 Å². The molecule has 0 spiro atoms. The normalized spacial score (nSPS) is 11.6. The van der Waals surface area contributed by atoms with Crippen LogP contribution < -0.4 is 9.47 Å². The summed E-state index contributed by atoms with van der Waals surface area (Å²) in [7, 11) is 1.02. The fourth-order valence-electron chi connectivity index (χ4n) is 1.45. The minimum atomic E-state index is -4.77. The third-order valence-corrected chi connectivity index (χ3v) is 2.18. The number of ketones is 1. The lowest BCUT2D eigenvalue weighted by molar-refractivity contribution is -0.138. The summed E-state index contributed by atoms with van der Waals surface area (Å²) in [6.45, 7) is -2.35. The summed E-state index contributed by atoms with van der Waals surface area (Å²) < 4.78 is 70.6. The van der Waals surface area contributed by atoms with Crippen molar-refractivity contribution in [2.45, 2.75) is 19.7 Å². The van der Waals surface area contributed by atoms with Gasteiger partial charge in [0.05, 0.1) is 12.7 Å². The van der Waals surface area contributed by atoms with Gasteiger partial charge in [0.25, 0.3) is 0 Å². The number of carbonyl (C=O) groups excluding carboxylic acids is 1. The maximum absolute atomic E-state index is 12.6. The SMILES string of the molecule is COc1cc(C(F)(F)F)cc(OC(F)F)c1C(C)=O. The molecule has 0 aliphatic carbocycles. The summed E-state index contributed by atoms with van der Waals surface area (Å²) in [5.41, 5.74) is -1.71. The maximum Gasteiger partial charge on any atom is 0.416 e. The first-order valence-corrected chi connectivity index (χ1v) is 4.91. The number of methoxy groups -OCH3 is 1. The van der Waals surface area contributed by atoms with Crippen molar-refractivity contribution < 1.29 is 36.2 Å². The number of halogens is 5. The zero-order valence-corrected chi connectivity index (χ0v) is 9.85. The molecular formula is C11H9F5O3. The lowest BCUT2D eigenvalue weighted by atomic mass is 10.1. The highest BCUT2D eigenvalue weighted by molar-refractivity contribution is 5.99. The molecule has 106 valence electrons. The van der Waals surface area contributed by atoms with Crippen LogP contribution in [0.25, 0.3) is 0 Å². The number of hydrogen-bond donors (Lipinski definition) is 0. The van der Waals surface area contributed by atoms with E-state index in [0.717, 1.165) is 14.0 Å². The van der Waals surface area contributed by atoms with Crippen LogP contribution in [0.4, 0.5) is 22.0 Å². The smallest absolute Gasteiger partial charge is 0.416 e. The lowest BCUT2D eigenvalue weighted by Gasteiger charge is -2.16. The maximum atomic E-state index is 12.6. The van der Waals surface area contributed by atoms with Gasteiger partial charge in [0.1, 0.15) is 17.1 Å². The summed E-state index contributed by atoms with van der Waals surface area (Å²) >= 11 is 0. The molecule has 0 radical (unpaired) electrons. The number of carbonyl (C=O) groups is 1. The minimum Gasteiger partial charge on any atom is -0.496 e. The van der Waals surface area contributed by atoms with Crippen molar-refractivity contribution in [3.8, 4) is 11.5 Å². The molecule has 0 N–H and O–H groups in total. The molecule has 1 aromatic carbocycles. The minimum absolute atomic E-state index is 0.339. The highest BCUT2D eigenvalue weighted by Gasteiger charge is 2.34. The van der Waals surface area contributed by atoms with Gasteiger partial charge in [-0.15, -0.1) is 0 Å². The molecule has 0 aromatic heterocycles. The van der Waals surface area contributed by atoms with Gasteiger partial charge in [-0.1, -0.05) is 0 Å². The molecule has 0 saturated heterocycles. The fourth-order valence-corrected chi connectivity index (χ4v) is 1.45. The zero-order valence-electron chi connectivity index (χ0n) is 9.85. The Hall–Kier alpha value is -1.86. The van der Waals surface area contributed by atoms with Gasteiger partial charge in [0.15, 0.2) is 5.78 Å². The van der Waals surface area contributed by atoms with Crippen molar-refractivity contribution in [1.82, 2.24) is 0 Å². The van der Waals surface area contributed by atoms with Crippen LogP contribution in [0.15, 0.2) is 12.1 Å². The molecule has 0 aliphatic heterocycles. The van der Waals surface area contributed by atoms with Crippen LogP contribution in [0.2, 0.25) is 0 Å². The lowest BCUT2D eigenvalue weighted by Crippen LogP contribution is -2.12. The molecule has 8 heteroatoms.